The topological polar surface area (TPSA) is 32.5 Å². The van der Waals surface area contributed by atoms with Crippen LogP contribution in [-0.4, -0.2) is 66.6 Å². The van der Waals surface area contributed by atoms with Gasteiger partial charge in [-0.2, -0.15) is 11.8 Å². The second-order valence-electron chi connectivity index (χ2n) is 4.83. The van der Waals surface area contributed by atoms with Gasteiger partial charge in [0.25, 0.3) is 0 Å². The Labute approximate surface area is 97.4 Å². The van der Waals surface area contributed by atoms with Crippen molar-refractivity contribution in [3.05, 3.63) is 0 Å². The van der Waals surface area contributed by atoms with Crippen LogP contribution in [0.25, 0.3) is 0 Å². The van der Waals surface area contributed by atoms with Gasteiger partial charge >= 0.3 is 0 Å². The van der Waals surface area contributed by atoms with E-state index in [1.165, 1.54) is 50.5 Å². The van der Waals surface area contributed by atoms with E-state index >= 15 is 0 Å². The average Bonchev–Trinajstić information content (AvgIpc) is 2.31. The van der Waals surface area contributed by atoms with E-state index < -0.39 is 0 Å². The Hall–Kier alpha value is 0.230. The van der Waals surface area contributed by atoms with Crippen molar-refractivity contribution in [3.63, 3.8) is 0 Å². The molecule has 0 atom stereocenters. The van der Waals surface area contributed by atoms with Crippen LogP contribution in [0.4, 0.5) is 0 Å². The molecule has 2 rings (SSSR count). The van der Waals surface area contributed by atoms with Gasteiger partial charge in [-0.3, -0.25) is 4.90 Å². The average molecular weight is 229 g/mol. The Kier molecular flexibility index (Phi) is 3.93. The zero-order valence-electron chi connectivity index (χ0n) is 9.74. The van der Waals surface area contributed by atoms with Gasteiger partial charge in [-0.05, 0) is 31.4 Å². The van der Waals surface area contributed by atoms with Crippen molar-refractivity contribution in [1.82, 2.24) is 9.80 Å². The Morgan fingerprint density at radius 3 is 2.27 bits per heavy atom. The molecular formula is C11H23N3S. The summed E-state index contributed by atoms with van der Waals surface area (Å²) in [6.45, 7) is 5.66. The van der Waals surface area contributed by atoms with E-state index in [-0.39, 0.29) is 0 Å². The van der Waals surface area contributed by atoms with Crippen LogP contribution in [0.1, 0.15) is 12.8 Å². The summed E-state index contributed by atoms with van der Waals surface area (Å²) in [6.07, 6.45) is 2.58. The maximum Gasteiger partial charge on any atom is 0.0348 e. The molecule has 0 saturated carbocycles. The van der Waals surface area contributed by atoms with E-state index in [1.807, 2.05) is 0 Å². The van der Waals surface area contributed by atoms with Crippen molar-refractivity contribution in [3.8, 4) is 0 Å². The Bertz CT molecular complexity index is 196. The zero-order chi connectivity index (χ0) is 10.7. The van der Waals surface area contributed by atoms with Crippen LogP contribution < -0.4 is 5.73 Å². The summed E-state index contributed by atoms with van der Waals surface area (Å²) in [5.74, 6) is 2.59. The SMILES string of the molecule is CN1CCN(C2(CN)CCSCC2)CC1. The third-order valence-corrected chi connectivity index (χ3v) is 4.96. The Balaban J connectivity index is 1.98. The molecule has 0 aromatic heterocycles. The van der Waals surface area contributed by atoms with Crippen molar-refractivity contribution in [2.45, 2.75) is 18.4 Å². The Morgan fingerprint density at radius 2 is 1.73 bits per heavy atom. The minimum Gasteiger partial charge on any atom is -0.329 e. The Morgan fingerprint density at radius 1 is 1.13 bits per heavy atom. The van der Waals surface area contributed by atoms with Gasteiger partial charge in [0.05, 0.1) is 0 Å². The maximum atomic E-state index is 6.04. The molecule has 2 heterocycles. The molecule has 2 fully saturated rings. The van der Waals surface area contributed by atoms with Gasteiger partial charge in [-0.25, -0.2) is 0 Å². The van der Waals surface area contributed by atoms with E-state index in [1.54, 1.807) is 0 Å². The van der Waals surface area contributed by atoms with Crippen LogP contribution in [0, 0.1) is 0 Å². The lowest BCUT2D eigenvalue weighted by molar-refractivity contribution is 0.0385. The first-order valence-corrected chi connectivity index (χ1v) is 7.14. The van der Waals surface area contributed by atoms with Gasteiger partial charge in [0.1, 0.15) is 0 Å². The molecule has 0 amide bonds. The quantitative estimate of drug-likeness (QED) is 0.745. The van der Waals surface area contributed by atoms with Crippen LogP contribution in [0.3, 0.4) is 0 Å². The van der Waals surface area contributed by atoms with Gasteiger partial charge in [-0.15, -0.1) is 0 Å². The summed E-state index contributed by atoms with van der Waals surface area (Å²) >= 11 is 2.08. The number of hydrogen-bond acceptors (Lipinski definition) is 4. The monoisotopic (exact) mass is 229 g/mol. The third kappa shape index (κ3) is 2.49. The van der Waals surface area contributed by atoms with Gasteiger partial charge in [0, 0.05) is 38.3 Å². The number of nitrogens with two attached hydrogens (primary N) is 1. The molecule has 2 aliphatic rings. The van der Waals surface area contributed by atoms with Crippen LogP contribution >= 0.6 is 11.8 Å². The molecule has 0 radical (unpaired) electrons. The summed E-state index contributed by atoms with van der Waals surface area (Å²) in [5, 5.41) is 0. The van der Waals surface area contributed by atoms with Crippen molar-refractivity contribution in [1.29, 1.82) is 0 Å². The van der Waals surface area contributed by atoms with Crippen LogP contribution in [0.15, 0.2) is 0 Å². The molecule has 88 valence electrons. The largest absolute Gasteiger partial charge is 0.329 e. The van der Waals surface area contributed by atoms with E-state index in [0.29, 0.717) is 5.54 Å². The summed E-state index contributed by atoms with van der Waals surface area (Å²) in [4.78, 5) is 5.07. The number of likely N-dealkylation sites (N-methyl/N-ethyl adjacent to an activating group) is 1. The second kappa shape index (κ2) is 5.04. The summed E-state index contributed by atoms with van der Waals surface area (Å²) < 4.78 is 0. The fourth-order valence-electron chi connectivity index (χ4n) is 2.68. The first kappa shape index (κ1) is 11.7. The van der Waals surface area contributed by atoms with Gasteiger partial charge in [-0.1, -0.05) is 0 Å². The fourth-order valence-corrected chi connectivity index (χ4v) is 3.93. The lowest BCUT2D eigenvalue weighted by atomic mass is 9.89. The normalized spacial score (nSPS) is 29.2. The molecule has 15 heavy (non-hydrogen) atoms. The van der Waals surface area contributed by atoms with Crippen molar-refractivity contribution < 1.29 is 0 Å². The van der Waals surface area contributed by atoms with E-state index in [4.69, 9.17) is 5.73 Å². The highest BCUT2D eigenvalue weighted by Gasteiger charge is 2.37. The molecule has 0 aliphatic carbocycles. The van der Waals surface area contributed by atoms with Crippen LogP contribution in [0.5, 0.6) is 0 Å². The van der Waals surface area contributed by atoms with Crippen LogP contribution in [0.2, 0.25) is 0 Å². The fraction of sp³-hybridized carbons (Fsp3) is 1.00. The molecule has 0 spiro atoms. The predicted molar refractivity (Wildman–Crippen MR) is 67.4 cm³/mol. The molecule has 0 aromatic carbocycles. The standard InChI is InChI=1S/C11H23N3S/c1-13-4-6-14(7-5-13)11(10-12)2-8-15-9-3-11/h2-10,12H2,1H3. The highest BCUT2D eigenvalue weighted by Crippen LogP contribution is 2.32. The van der Waals surface area contributed by atoms with Gasteiger partial charge in [0.15, 0.2) is 0 Å². The van der Waals surface area contributed by atoms with E-state index in [0.717, 1.165) is 6.54 Å². The molecule has 0 bridgehead atoms. The summed E-state index contributed by atoms with van der Waals surface area (Å²) in [7, 11) is 2.21. The smallest absolute Gasteiger partial charge is 0.0348 e. The number of thioether (sulfide) groups is 1. The molecule has 0 aromatic rings. The first-order valence-electron chi connectivity index (χ1n) is 5.98. The number of nitrogens with zero attached hydrogens (tertiary/aromatic N) is 2. The second-order valence-corrected chi connectivity index (χ2v) is 6.06. The maximum absolute atomic E-state index is 6.04. The van der Waals surface area contributed by atoms with Crippen LogP contribution in [-0.2, 0) is 0 Å². The predicted octanol–water partition coefficient (Wildman–Crippen LogP) is 0.458. The molecular weight excluding hydrogens is 206 g/mol. The van der Waals surface area contributed by atoms with E-state index in [2.05, 4.69) is 28.6 Å². The molecule has 0 unspecified atom stereocenters. The number of hydrogen-bond donors (Lipinski definition) is 1. The first-order chi connectivity index (χ1) is 7.27. The summed E-state index contributed by atoms with van der Waals surface area (Å²) in [5.41, 5.74) is 6.38. The molecule has 4 heteroatoms. The molecule has 2 aliphatic heterocycles. The highest BCUT2D eigenvalue weighted by atomic mass is 32.2. The molecule has 2 saturated heterocycles. The lowest BCUT2D eigenvalue weighted by Gasteiger charge is -2.48. The van der Waals surface area contributed by atoms with Crippen molar-refractivity contribution >= 4 is 11.8 Å². The minimum absolute atomic E-state index is 0.340. The van der Waals surface area contributed by atoms with Crippen molar-refractivity contribution in [2.75, 3.05) is 51.3 Å². The molecule has 2 N–H and O–H groups in total. The van der Waals surface area contributed by atoms with Crippen molar-refractivity contribution in [2.24, 2.45) is 5.73 Å². The zero-order valence-corrected chi connectivity index (χ0v) is 10.6. The third-order valence-electron chi connectivity index (χ3n) is 3.98. The molecule has 3 nitrogen and oxygen atoms in total. The number of piperazine rings is 1. The van der Waals surface area contributed by atoms with E-state index in [9.17, 15) is 0 Å². The number of rotatable bonds is 2. The lowest BCUT2D eigenvalue weighted by Crippen LogP contribution is -2.61. The minimum atomic E-state index is 0.340. The summed E-state index contributed by atoms with van der Waals surface area (Å²) in [6, 6.07) is 0. The van der Waals surface area contributed by atoms with Gasteiger partial charge < -0.3 is 10.6 Å². The van der Waals surface area contributed by atoms with Gasteiger partial charge in [0.2, 0.25) is 0 Å². The highest BCUT2D eigenvalue weighted by molar-refractivity contribution is 7.99.